The number of hydrogen-bond acceptors (Lipinski definition) is 2. The van der Waals surface area contributed by atoms with E-state index < -0.39 is 155 Å². The largest absolute Gasteiger partial charge is 0.307 e. The van der Waals surface area contributed by atoms with E-state index in [0.29, 0.717) is 43.7 Å². The molecule has 0 aliphatic rings. The number of hydrogen-bond donors (Lipinski definition) is 0. The second-order valence-corrected chi connectivity index (χ2v) is 16.6. The van der Waals surface area contributed by atoms with Gasteiger partial charge in [-0.1, -0.05) is 193 Å². The Balaban J connectivity index is 1.18. The van der Waals surface area contributed by atoms with Crippen molar-refractivity contribution in [2.24, 2.45) is 0 Å². The summed E-state index contributed by atoms with van der Waals surface area (Å²) in [7, 11) is 0. The van der Waals surface area contributed by atoms with Crippen LogP contribution in [0.1, 0.15) is 38.5 Å². The van der Waals surface area contributed by atoms with Crippen LogP contribution >= 0.6 is 0 Å². The molecule has 0 N–H and O–H groups in total. The first-order chi connectivity index (χ1) is 42.7. The minimum absolute atomic E-state index is 0.255. The topological polar surface area (TPSA) is 6.48 Å². The maximum absolute atomic E-state index is 18.4. The molecule has 4 heteroatoms. The van der Waals surface area contributed by atoms with Gasteiger partial charge >= 0.3 is 0 Å². The Labute approximate surface area is 435 Å². The van der Waals surface area contributed by atoms with Crippen LogP contribution in [0.5, 0.6) is 0 Å². The highest BCUT2D eigenvalue weighted by Crippen LogP contribution is 2.52. The Kier molecular flexibility index (Phi) is 6.57. The minimum atomic E-state index is -1.09. The SMILES string of the molecule is [2H]c1c([2H])c([2H])c(-c2cc(F)c(N(c3ccc(C)cc3)c3ccc4ccc5c(N(c6ccc(C)cc6)c6c(F)cc(-c7c([2H])c([2H])c([2H])c([2H])c7[2H])cc6-c6c([2H])c([2H])c([2H])c([2H])c6[2H])ccc6ccc3c4c65)c(-c3c([2H])c([2H])c([2H])c([2H])c3[2H])c2)c([2H])c1[2H]. The van der Waals surface area contributed by atoms with Crippen molar-refractivity contribution in [2.45, 2.75) is 13.8 Å². The molecule has 12 rings (SSSR count). The smallest absolute Gasteiger partial charge is 0.148 e. The van der Waals surface area contributed by atoms with Crippen LogP contribution in [-0.2, 0) is 0 Å². The summed E-state index contributed by atoms with van der Waals surface area (Å²) in [6.07, 6.45) is 0. The average molecular weight is 925 g/mol. The summed E-state index contributed by atoms with van der Waals surface area (Å²) in [4.78, 5) is 3.03. The normalized spacial score (nSPS) is 15.4. The Hall–Kier alpha value is -8.86. The molecule has 12 aromatic rings. The molecule has 0 spiro atoms. The molecule has 70 heavy (non-hydrogen) atoms. The molecule has 0 saturated heterocycles. The fourth-order valence-corrected chi connectivity index (χ4v) is 9.21. The molecule has 0 atom stereocenters. The van der Waals surface area contributed by atoms with Gasteiger partial charge in [-0.25, -0.2) is 8.78 Å². The summed E-state index contributed by atoms with van der Waals surface area (Å²) in [5.74, 6) is -2.17. The van der Waals surface area contributed by atoms with Gasteiger partial charge in [-0.05, 0) is 129 Å². The fourth-order valence-electron chi connectivity index (χ4n) is 9.21. The number of rotatable bonds is 10. The van der Waals surface area contributed by atoms with Crippen molar-refractivity contribution in [3.63, 3.8) is 0 Å². The second-order valence-electron chi connectivity index (χ2n) is 16.6. The van der Waals surface area contributed by atoms with Crippen molar-refractivity contribution in [2.75, 3.05) is 9.80 Å². The Morgan fingerprint density at radius 3 is 1.03 bits per heavy atom. The van der Waals surface area contributed by atoms with Crippen LogP contribution in [0.15, 0.2) is 242 Å². The summed E-state index contributed by atoms with van der Waals surface area (Å²) >= 11 is 0. The molecule has 0 aromatic heterocycles. The van der Waals surface area contributed by atoms with Gasteiger partial charge in [-0.3, -0.25) is 0 Å². The van der Waals surface area contributed by atoms with Gasteiger partial charge in [0.25, 0.3) is 0 Å². The van der Waals surface area contributed by atoms with Gasteiger partial charge in [0.2, 0.25) is 0 Å². The van der Waals surface area contributed by atoms with Crippen LogP contribution in [0.25, 0.3) is 76.8 Å². The molecule has 0 amide bonds. The first kappa shape index (κ1) is 26.0. The number of nitrogens with zero attached hydrogens (tertiary/aromatic N) is 2. The van der Waals surface area contributed by atoms with Crippen molar-refractivity contribution < 1.29 is 36.2 Å². The lowest BCUT2D eigenvalue weighted by atomic mass is 9.90. The van der Waals surface area contributed by atoms with Gasteiger partial charge in [0.1, 0.15) is 11.6 Å². The standard InChI is InChI=1S/C66H46F2N2/c1-43-23-31-53(32-24-43)69(65-57(47-19-11-5-12-20-47)39-51(41-59(65)67)45-15-7-3-8-16-45)61-37-29-49-28-36-56-62(38-30-50-27-35-55(61)63(49)64(50)56)70(54-33-25-44(2)26-34-54)66-58(48-21-13-6-14-22-48)40-52(42-60(66)68)46-17-9-4-10-18-46/h3-42H,1-2H3/i3D,4D,5D,6D,7D,8D,9D,10D,11D,12D,13D,14D,15D,16D,17D,18D,19D,20D,21D,22D. The van der Waals surface area contributed by atoms with Gasteiger partial charge in [0, 0.05) is 33.3 Å². The van der Waals surface area contributed by atoms with Crippen molar-refractivity contribution >= 4 is 66.4 Å². The molecule has 0 bridgehead atoms. The van der Waals surface area contributed by atoms with E-state index in [1.807, 2.05) is 26.0 Å². The molecule has 0 saturated carbocycles. The minimum Gasteiger partial charge on any atom is -0.307 e. The molecule has 0 unspecified atom stereocenters. The molecule has 0 aliphatic heterocycles. The van der Waals surface area contributed by atoms with Crippen molar-refractivity contribution in [1.82, 2.24) is 0 Å². The van der Waals surface area contributed by atoms with Gasteiger partial charge < -0.3 is 9.80 Å². The van der Waals surface area contributed by atoms with E-state index in [2.05, 4.69) is 0 Å². The number of anilines is 6. The van der Waals surface area contributed by atoms with Gasteiger partial charge in [0.05, 0.1) is 50.2 Å². The number of aryl methyl sites for hydroxylation is 2. The fraction of sp³-hybridized carbons (Fsp3) is 0.0303. The lowest BCUT2D eigenvalue weighted by molar-refractivity contribution is 0.629. The molecule has 0 radical (unpaired) electrons. The van der Waals surface area contributed by atoms with E-state index >= 15 is 8.78 Å². The Bertz CT molecular complexity index is 4650. The van der Waals surface area contributed by atoms with E-state index in [1.165, 1.54) is 21.9 Å². The third-order valence-corrected chi connectivity index (χ3v) is 12.4. The van der Waals surface area contributed by atoms with E-state index in [1.54, 1.807) is 84.9 Å². The summed E-state index contributed by atoms with van der Waals surface area (Å²) in [6, 6.07) is 18.1. The Morgan fingerprint density at radius 2 is 0.671 bits per heavy atom. The maximum atomic E-state index is 18.4. The van der Waals surface area contributed by atoms with Gasteiger partial charge in [-0.2, -0.15) is 0 Å². The molecule has 334 valence electrons. The van der Waals surface area contributed by atoms with E-state index in [4.69, 9.17) is 21.9 Å². The zero-order valence-corrected chi connectivity index (χ0v) is 37.2. The summed E-state index contributed by atoms with van der Waals surface area (Å²) in [5.41, 5.74) is -0.764. The number of halogens is 2. The summed E-state index contributed by atoms with van der Waals surface area (Å²) in [6.45, 7) is 3.67. The van der Waals surface area contributed by atoms with Crippen LogP contribution in [-0.4, -0.2) is 0 Å². The van der Waals surface area contributed by atoms with Crippen LogP contribution < -0.4 is 9.80 Å². The van der Waals surface area contributed by atoms with Crippen molar-refractivity contribution in [1.29, 1.82) is 0 Å². The number of benzene rings is 12. The van der Waals surface area contributed by atoms with Crippen LogP contribution in [0.4, 0.5) is 42.9 Å². The van der Waals surface area contributed by atoms with Crippen LogP contribution in [0.2, 0.25) is 0 Å². The van der Waals surface area contributed by atoms with E-state index in [0.717, 1.165) is 23.3 Å². The zero-order chi connectivity index (χ0) is 64.7. The van der Waals surface area contributed by atoms with E-state index in [9.17, 15) is 5.48 Å². The molecular weight excluding hydrogens is 859 g/mol. The highest BCUT2D eigenvalue weighted by atomic mass is 19.1. The molecular formula is C66H46F2N2. The maximum Gasteiger partial charge on any atom is 0.148 e. The van der Waals surface area contributed by atoms with Crippen molar-refractivity contribution in [3.05, 3.63) is 265 Å². The lowest BCUT2D eigenvalue weighted by Gasteiger charge is -2.31. The van der Waals surface area contributed by atoms with Crippen LogP contribution in [0, 0.1) is 25.5 Å². The van der Waals surface area contributed by atoms with Gasteiger partial charge in [0.15, 0.2) is 0 Å². The summed E-state index contributed by atoms with van der Waals surface area (Å²) in [5, 5.41) is 3.33. The lowest BCUT2D eigenvalue weighted by Crippen LogP contribution is -2.15. The third kappa shape index (κ3) is 7.51. The molecule has 2 nitrogen and oxygen atoms in total. The third-order valence-electron chi connectivity index (χ3n) is 12.4. The molecule has 12 aromatic carbocycles. The Morgan fingerprint density at radius 1 is 0.343 bits per heavy atom. The molecule has 0 fully saturated rings. The quantitative estimate of drug-likeness (QED) is 0.126. The highest BCUT2D eigenvalue weighted by molar-refractivity contribution is 6.28. The second kappa shape index (κ2) is 17.7. The van der Waals surface area contributed by atoms with Gasteiger partial charge in [-0.15, -0.1) is 0 Å². The average Bonchev–Trinajstić information content (AvgIpc) is 0.724. The molecule has 0 aliphatic carbocycles. The molecule has 0 heterocycles. The summed E-state index contributed by atoms with van der Waals surface area (Å²) < 4.78 is 212. The predicted molar refractivity (Wildman–Crippen MR) is 291 cm³/mol. The monoisotopic (exact) mass is 924 g/mol. The van der Waals surface area contributed by atoms with Crippen molar-refractivity contribution in [3.8, 4) is 44.5 Å². The highest BCUT2D eigenvalue weighted by Gasteiger charge is 2.28. The first-order valence-electron chi connectivity index (χ1n) is 32.1. The first-order valence-corrected chi connectivity index (χ1v) is 22.1. The van der Waals surface area contributed by atoms with E-state index in [-0.39, 0.29) is 45.0 Å². The van der Waals surface area contributed by atoms with Crippen LogP contribution in [0.3, 0.4) is 0 Å². The predicted octanol–water partition coefficient (Wildman–Crippen LogP) is 19.1. The zero-order valence-electron chi connectivity index (χ0n) is 57.2.